The Hall–Kier alpha value is -3.56. The van der Waals surface area contributed by atoms with Crippen molar-refractivity contribution in [2.75, 3.05) is 4.90 Å². The van der Waals surface area contributed by atoms with Gasteiger partial charge < -0.3 is 9.67 Å². The third kappa shape index (κ3) is 4.05. The zero-order valence-electron chi connectivity index (χ0n) is 15.8. The van der Waals surface area contributed by atoms with Crippen LogP contribution in [0, 0.1) is 0 Å². The fraction of sp³-hybridized carbons (Fsp3) is 0. The largest absolute Gasteiger partial charge is 0.478 e. The fourth-order valence-corrected chi connectivity index (χ4v) is 3.71. The first-order valence-electron chi connectivity index (χ1n) is 9.03. The van der Waals surface area contributed by atoms with Crippen molar-refractivity contribution in [3.05, 3.63) is 88.2 Å². The summed E-state index contributed by atoms with van der Waals surface area (Å²) >= 11 is 8.56. The molecule has 1 saturated heterocycles. The molecule has 0 unspecified atom stereocenters. The SMILES string of the molecule is O=C1NC(=S)N(c2ccc(Br)cc2)C(=O)/C1=C/c1cccn1-c1cccc(C(=O)O)c1. The first kappa shape index (κ1) is 20.7. The van der Waals surface area contributed by atoms with Gasteiger partial charge in [-0.15, -0.1) is 0 Å². The van der Waals surface area contributed by atoms with E-state index < -0.39 is 17.8 Å². The van der Waals surface area contributed by atoms with E-state index in [4.69, 9.17) is 12.2 Å². The highest BCUT2D eigenvalue weighted by molar-refractivity contribution is 9.10. The normalized spacial score (nSPS) is 15.3. The van der Waals surface area contributed by atoms with Crippen molar-refractivity contribution in [1.82, 2.24) is 9.88 Å². The molecule has 9 heteroatoms. The lowest BCUT2D eigenvalue weighted by atomic mass is 10.1. The molecule has 1 fully saturated rings. The number of anilines is 1. The van der Waals surface area contributed by atoms with Crippen LogP contribution in [0.25, 0.3) is 11.8 Å². The summed E-state index contributed by atoms with van der Waals surface area (Å²) < 4.78 is 2.53. The molecule has 0 aliphatic carbocycles. The lowest BCUT2D eigenvalue weighted by molar-refractivity contribution is -0.122. The number of hydrogen-bond acceptors (Lipinski definition) is 4. The molecule has 2 amide bonds. The molecule has 0 bridgehead atoms. The van der Waals surface area contributed by atoms with Crippen LogP contribution in [0.1, 0.15) is 16.1 Å². The van der Waals surface area contributed by atoms with Crippen LogP contribution < -0.4 is 10.2 Å². The van der Waals surface area contributed by atoms with Gasteiger partial charge >= 0.3 is 5.97 Å². The van der Waals surface area contributed by atoms with E-state index in [1.54, 1.807) is 59.3 Å². The number of halogens is 1. The summed E-state index contributed by atoms with van der Waals surface area (Å²) in [6.45, 7) is 0. The third-order valence-corrected chi connectivity index (χ3v) is 5.44. The topological polar surface area (TPSA) is 91.6 Å². The first-order valence-corrected chi connectivity index (χ1v) is 10.2. The molecule has 0 atom stereocenters. The Bertz CT molecular complexity index is 1260. The van der Waals surface area contributed by atoms with E-state index in [-0.39, 0.29) is 16.2 Å². The molecule has 7 nitrogen and oxygen atoms in total. The minimum atomic E-state index is -1.05. The van der Waals surface area contributed by atoms with E-state index in [0.29, 0.717) is 17.1 Å². The molecule has 2 heterocycles. The predicted molar refractivity (Wildman–Crippen MR) is 123 cm³/mol. The molecular formula is C22H14BrN3O4S. The van der Waals surface area contributed by atoms with Gasteiger partial charge in [0.05, 0.1) is 11.3 Å². The van der Waals surface area contributed by atoms with Crippen molar-refractivity contribution >= 4 is 62.8 Å². The van der Waals surface area contributed by atoms with Crippen LogP contribution in [0.3, 0.4) is 0 Å². The molecule has 4 rings (SSSR count). The summed E-state index contributed by atoms with van der Waals surface area (Å²) in [5, 5.41) is 11.8. The van der Waals surface area contributed by atoms with Crippen molar-refractivity contribution in [3.63, 3.8) is 0 Å². The quantitative estimate of drug-likeness (QED) is 0.326. The van der Waals surface area contributed by atoms with Gasteiger partial charge in [0, 0.05) is 22.1 Å². The monoisotopic (exact) mass is 495 g/mol. The summed E-state index contributed by atoms with van der Waals surface area (Å²) in [5.41, 5.74) is 1.67. The predicted octanol–water partition coefficient (Wildman–Crippen LogP) is 3.77. The molecule has 31 heavy (non-hydrogen) atoms. The smallest absolute Gasteiger partial charge is 0.335 e. The van der Waals surface area contributed by atoms with Crippen molar-refractivity contribution in [2.45, 2.75) is 0 Å². The van der Waals surface area contributed by atoms with Crippen molar-refractivity contribution < 1.29 is 19.5 Å². The van der Waals surface area contributed by atoms with E-state index >= 15 is 0 Å². The molecule has 154 valence electrons. The average molecular weight is 496 g/mol. The molecule has 3 aromatic rings. The summed E-state index contributed by atoms with van der Waals surface area (Å²) in [6.07, 6.45) is 3.18. The fourth-order valence-electron chi connectivity index (χ4n) is 3.17. The number of carboxylic acid groups (broad SMARTS) is 1. The molecule has 1 aliphatic heterocycles. The van der Waals surface area contributed by atoms with E-state index in [1.165, 1.54) is 23.1 Å². The Kier molecular flexibility index (Phi) is 5.53. The maximum Gasteiger partial charge on any atom is 0.335 e. The van der Waals surface area contributed by atoms with Crippen LogP contribution in [0.4, 0.5) is 5.69 Å². The first-order chi connectivity index (χ1) is 14.8. The number of benzene rings is 2. The average Bonchev–Trinajstić information content (AvgIpc) is 3.21. The van der Waals surface area contributed by atoms with E-state index in [9.17, 15) is 19.5 Å². The zero-order valence-corrected chi connectivity index (χ0v) is 18.2. The van der Waals surface area contributed by atoms with Crippen LogP contribution in [-0.4, -0.2) is 32.6 Å². The Morgan fingerprint density at radius 1 is 1.03 bits per heavy atom. The van der Waals surface area contributed by atoms with Gasteiger partial charge in [0.15, 0.2) is 5.11 Å². The highest BCUT2D eigenvalue weighted by atomic mass is 79.9. The van der Waals surface area contributed by atoms with Gasteiger partial charge in [0.25, 0.3) is 11.8 Å². The number of aromatic nitrogens is 1. The second-order valence-corrected chi connectivity index (χ2v) is 7.90. The maximum absolute atomic E-state index is 13.2. The number of rotatable bonds is 4. The molecule has 0 radical (unpaired) electrons. The van der Waals surface area contributed by atoms with Gasteiger partial charge in [-0.25, -0.2) is 4.79 Å². The van der Waals surface area contributed by atoms with Gasteiger partial charge in [0.2, 0.25) is 0 Å². The maximum atomic E-state index is 13.2. The molecular weight excluding hydrogens is 482 g/mol. The van der Waals surface area contributed by atoms with Crippen LogP contribution in [0.5, 0.6) is 0 Å². The van der Waals surface area contributed by atoms with Crippen LogP contribution in [0.2, 0.25) is 0 Å². The van der Waals surface area contributed by atoms with Gasteiger partial charge in [-0.1, -0.05) is 22.0 Å². The van der Waals surface area contributed by atoms with E-state index in [1.807, 2.05) is 0 Å². The second-order valence-electron chi connectivity index (χ2n) is 6.59. The van der Waals surface area contributed by atoms with Crippen molar-refractivity contribution in [1.29, 1.82) is 0 Å². The Morgan fingerprint density at radius 3 is 2.48 bits per heavy atom. The standard InChI is InChI=1S/C22H14BrN3O4S/c23-14-6-8-15(9-7-14)26-20(28)18(19(27)24-22(26)31)12-17-5-2-10-25(17)16-4-1-3-13(11-16)21(29)30/h1-12H,(H,29,30)(H,24,27,31)/b18-12+. The highest BCUT2D eigenvalue weighted by Gasteiger charge is 2.34. The van der Waals surface area contributed by atoms with Crippen LogP contribution in [0.15, 0.2) is 76.9 Å². The molecule has 1 aromatic heterocycles. The summed E-state index contributed by atoms with van der Waals surface area (Å²) in [6, 6.07) is 16.8. The zero-order chi connectivity index (χ0) is 22.1. The van der Waals surface area contributed by atoms with Gasteiger partial charge in [-0.2, -0.15) is 0 Å². The molecule has 2 aromatic carbocycles. The third-order valence-electron chi connectivity index (χ3n) is 4.63. The van der Waals surface area contributed by atoms with E-state index in [0.717, 1.165) is 4.47 Å². The molecule has 0 saturated carbocycles. The Balaban J connectivity index is 1.74. The highest BCUT2D eigenvalue weighted by Crippen LogP contribution is 2.25. The minimum Gasteiger partial charge on any atom is -0.478 e. The van der Waals surface area contributed by atoms with E-state index in [2.05, 4.69) is 21.2 Å². The van der Waals surface area contributed by atoms with Gasteiger partial charge in [-0.3, -0.25) is 19.8 Å². The lowest BCUT2D eigenvalue weighted by Crippen LogP contribution is -2.54. The summed E-state index contributed by atoms with van der Waals surface area (Å²) in [7, 11) is 0. The number of carbonyl (C=O) groups excluding carboxylic acids is 2. The molecule has 0 spiro atoms. The lowest BCUT2D eigenvalue weighted by Gasteiger charge is -2.29. The molecule has 2 N–H and O–H groups in total. The molecule has 1 aliphatic rings. The van der Waals surface area contributed by atoms with Gasteiger partial charge in [-0.05, 0) is 72.9 Å². The summed E-state index contributed by atoms with van der Waals surface area (Å²) in [4.78, 5) is 38.3. The number of amides is 2. The van der Waals surface area contributed by atoms with Crippen LogP contribution in [-0.2, 0) is 9.59 Å². The van der Waals surface area contributed by atoms with Crippen molar-refractivity contribution in [3.8, 4) is 5.69 Å². The number of hydrogen-bond donors (Lipinski definition) is 2. The van der Waals surface area contributed by atoms with Crippen LogP contribution >= 0.6 is 28.1 Å². The number of carbonyl (C=O) groups is 3. The Morgan fingerprint density at radius 2 is 1.77 bits per heavy atom. The van der Waals surface area contributed by atoms with Gasteiger partial charge in [0.1, 0.15) is 5.57 Å². The minimum absolute atomic E-state index is 0.000913. The second kappa shape index (κ2) is 8.29. The number of nitrogens with one attached hydrogen (secondary N) is 1. The number of nitrogens with zero attached hydrogens (tertiary/aromatic N) is 2. The number of aromatic carboxylic acids is 1. The summed E-state index contributed by atoms with van der Waals surface area (Å²) in [5.74, 6) is -2.20. The van der Waals surface area contributed by atoms with Crippen molar-refractivity contribution in [2.24, 2.45) is 0 Å². The number of thiocarbonyl (C=S) groups is 1. The Labute approximate surface area is 190 Å². The number of carboxylic acids is 1.